The van der Waals surface area contributed by atoms with Gasteiger partial charge in [0.2, 0.25) is 0 Å². The molecular weight excluding hydrogens is 323 g/mol. The van der Waals surface area contributed by atoms with Gasteiger partial charge in [0.25, 0.3) is 5.91 Å². The fourth-order valence-electron chi connectivity index (χ4n) is 3.42. The highest BCUT2D eigenvalue weighted by molar-refractivity contribution is 5.93. The third-order valence-electron chi connectivity index (χ3n) is 4.57. The number of pyridine rings is 1. The number of fused-ring (bicyclic) bond motifs is 4. The normalized spacial score (nSPS) is 26.1. The summed E-state index contributed by atoms with van der Waals surface area (Å²) in [5.41, 5.74) is 1.32. The van der Waals surface area contributed by atoms with Crippen LogP contribution in [0.15, 0.2) is 30.6 Å². The lowest BCUT2D eigenvalue weighted by atomic mass is 9.84. The molecule has 1 atom stereocenters. The lowest BCUT2D eigenvalue weighted by molar-refractivity contribution is 0.0618. The summed E-state index contributed by atoms with van der Waals surface area (Å²) in [6, 6.07) is 6.06. The molecule has 0 saturated carbocycles. The van der Waals surface area contributed by atoms with Gasteiger partial charge in [0.15, 0.2) is 0 Å². The summed E-state index contributed by atoms with van der Waals surface area (Å²) >= 11 is 0. The van der Waals surface area contributed by atoms with Crippen LogP contribution in [-0.4, -0.2) is 45.9 Å². The largest absolute Gasteiger partial charge is 0.346 e. The molecule has 3 aliphatic rings. The lowest BCUT2D eigenvalue weighted by Gasteiger charge is -2.44. The predicted molar refractivity (Wildman–Crippen MR) is 90.1 cm³/mol. The van der Waals surface area contributed by atoms with Crippen molar-refractivity contribution in [3.63, 3.8) is 0 Å². The summed E-state index contributed by atoms with van der Waals surface area (Å²) in [7, 11) is 0. The molecule has 0 unspecified atom stereocenters. The van der Waals surface area contributed by atoms with Crippen molar-refractivity contribution >= 4 is 36.4 Å². The Labute approximate surface area is 141 Å². The number of amides is 1. The standard InChI is InChI=1S/C15H18N4O.2ClH/c20-15(13-10-19-6-2-1-3-14(19)16-13)17-12-9-18-7-4-11(12)5-8-18;;/h1-3,6,10-12H,4-5,7-9H2,(H,17,20);2*1H/t12-;;/m0../s1. The molecule has 120 valence electrons. The number of nitrogens with zero attached hydrogens (tertiary/aromatic N) is 3. The SMILES string of the molecule is Cl.Cl.O=C(N[C@H]1CN2CCC1CC2)c1cn2ccccc2n1. The summed E-state index contributed by atoms with van der Waals surface area (Å²) in [6.45, 7) is 3.36. The Balaban J connectivity index is 0.000000882. The second kappa shape index (κ2) is 6.86. The van der Waals surface area contributed by atoms with Crippen LogP contribution in [0.3, 0.4) is 0 Å². The highest BCUT2D eigenvalue weighted by Crippen LogP contribution is 2.27. The van der Waals surface area contributed by atoms with Crippen molar-refractivity contribution in [3.05, 3.63) is 36.3 Å². The number of piperidine rings is 3. The molecule has 1 amide bonds. The van der Waals surface area contributed by atoms with Gasteiger partial charge in [-0.15, -0.1) is 24.8 Å². The Bertz CT molecular complexity index is 619. The molecule has 5 heterocycles. The Kier molecular flexibility index (Phi) is 5.32. The molecule has 0 spiro atoms. The van der Waals surface area contributed by atoms with Gasteiger partial charge in [-0.25, -0.2) is 4.98 Å². The summed E-state index contributed by atoms with van der Waals surface area (Å²) in [6.07, 6.45) is 6.12. The molecule has 1 N–H and O–H groups in total. The Morgan fingerprint density at radius 3 is 2.64 bits per heavy atom. The van der Waals surface area contributed by atoms with E-state index < -0.39 is 0 Å². The van der Waals surface area contributed by atoms with E-state index in [4.69, 9.17) is 0 Å². The molecule has 0 aliphatic carbocycles. The zero-order valence-corrected chi connectivity index (χ0v) is 13.8. The average molecular weight is 343 g/mol. The minimum Gasteiger partial charge on any atom is -0.346 e. The zero-order valence-electron chi connectivity index (χ0n) is 12.1. The first-order valence-electron chi connectivity index (χ1n) is 7.26. The number of hydrogen-bond donors (Lipinski definition) is 1. The van der Waals surface area contributed by atoms with Crippen LogP contribution in [0.1, 0.15) is 23.3 Å². The van der Waals surface area contributed by atoms with Gasteiger partial charge in [-0.3, -0.25) is 4.79 Å². The summed E-state index contributed by atoms with van der Waals surface area (Å²) in [5.74, 6) is 0.591. The number of nitrogens with one attached hydrogen (secondary N) is 1. The molecule has 2 aromatic rings. The Morgan fingerprint density at radius 2 is 2.00 bits per heavy atom. The van der Waals surface area contributed by atoms with Crippen molar-refractivity contribution in [1.29, 1.82) is 0 Å². The lowest BCUT2D eigenvalue weighted by Crippen LogP contribution is -2.57. The van der Waals surface area contributed by atoms with Gasteiger partial charge in [-0.2, -0.15) is 0 Å². The molecular formula is C15H20Cl2N4O. The van der Waals surface area contributed by atoms with Crippen LogP contribution >= 0.6 is 24.8 Å². The van der Waals surface area contributed by atoms with Crippen molar-refractivity contribution in [1.82, 2.24) is 19.6 Å². The number of rotatable bonds is 2. The molecule has 7 heteroatoms. The average Bonchev–Trinajstić information content (AvgIpc) is 2.92. The van der Waals surface area contributed by atoms with E-state index in [1.165, 1.54) is 25.9 Å². The van der Waals surface area contributed by atoms with Crippen molar-refractivity contribution < 1.29 is 4.79 Å². The number of carbonyl (C=O) groups is 1. The third kappa shape index (κ3) is 3.07. The molecule has 5 nitrogen and oxygen atoms in total. The predicted octanol–water partition coefficient (Wildman–Crippen LogP) is 2.00. The van der Waals surface area contributed by atoms with E-state index in [0.29, 0.717) is 11.6 Å². The van der Waals surface area contributed by atoms with E-state index in [9.17, 15) is 4.79 Å². The molecule has 2 bridgehead atoms. The first kappa shape index (κ1) is 17.1. The monoisotopic (exact) mass is 342 g/mol. The summed E-state index contributed by atoms with van der Waals surface area (Å²) < 4.78 is 1.88. The number of hydrogen-bond acceptors (Lipinski definition) is 3. The smallest absolute Gasteiger partial charge is 0.271 e. The first-order valence-corrected chi connectivity index (χ1v) is 7.26. The minimum absolute atomic E-state index is 0. The van der Waals surface area contributed by atoms with Gasteiger partial charge in [0.05, 0.1) is 0 Å². The van der Waals surface area contributed by atoms with Crippen LogP contribution in [0.2, 0.25) is 0 Å². The fraction of sp³-hybridized carbons (Fsp3) is 0.467. The highest BCUT2D eigenvalue weighted by atomic mass is 35.5. The minimum atomic E-state index is -0.0487. The molecule has 22 heavy (non-hydrogen) atoms. The molecule has 3 fully saturated rings. The topological polar surface area (TPSA) is 49.6 Å². The van der Waals surface area contributed by atoms with Crippen molar-refractivity contribution in [3.8, 4) is 0 Å². The van der Waals surface area contributed by atoms with Crippen LogP contribution in [0, 0.1) is 5.92 Å². The van der Waals surface area contributed by atoms with E-state index in [0.717, 1.165) is 12.2 Å². The molecule has 0 radical (unpaired) electrons. The fourth-order valence-corrected chi connectivity index (χ4v) is 3.42. The van der Waals surface area contributed by atoms with E-state index >= 15 is 0 Å². The number of imidazole rings is 1. The van der Waals surface area contributed by atoms with Gasteiger partial charge < -0.3 is 14.6 Å². The maximum atomic E-state index is 12.4. The van der Waals surface area contributed by atoms with Gasteiger partial charge in [0.1, 0.15) is 11.3 Å². The van der Waals surface area contributed by atoms with Crippen LogP contribution in [0.5, 0.6) is 0 Å². The first-order chi connectivity index (χ1) is 9.79. The van der Waals surface area contributed by atoms with E-state index in [1.807, 2.05) is 28.8 Å². The quantitative estimate of drug-likeness (QED) is 0.908. The molecule has 3 aliphatic heterocycles. The molecule has 3 saturated heterocycles. The number of halogens is 2. The maximum Gasteiger partial charge on any atom is 0.271 e. The number of carbonyl (C=O) groups excluding carboxylic acids is 1. The van der Waals surface area contributed by atoms with Crippen LogP contribution in [-0.2, 0) is 0 Å². The Hall–Kier alpha value is -1.30. The van der Waals surface area contributed by atoms with Crippen LogP contribution in [0.4, 0.5) is 0 Å². The molecule has 5 rings (SSSR count). The summed E-state index contributed by atoms with van der Waals surface area (Å²) in [5, 5.41) is 3.17. The van der Waals surface area contributed by atoms with E-state index in [2.05, 4.69) is 15.2 Å². The second-order valence-electron chi connectivity index (χ2n) is 5.81. The second-order valence-corrected chi connectivity index (χ2v) is 5.81. The Morgan fingerprint density at radius 1 is 1.23 bits per heavy atom. The van der Waals surface area contributed by atoms with Gasteiger partial charge >= 0.3 is 0 Å². The molecule has 2 aromatic heterocycles. The van der Waals surface area contributed by atoms with Crippen molar-refractivity contribution in [2.24, 2.45) is 5.92 Å². The zero-order chi connectivity index (χ0) is 13.5. The van der Waals surface area contributed by atoms with Gasteiger partial charge in [-0.1, -0.05) is 6.07 Å². The van der Waals surface area contributed by atoms with E-state index in [-0.39, 0.29) is 36.8 Å². The van der Waals surface area contributed by atoms with Gasteiger partial charge in [-0.05, 0) is 44.0 Å². The number of aromatic nitrogens is 2. The van der Waals surface area contributed by atoms with Gasteiger partial charge in [0, 0.05) is 25.0 Å². The van der Waals surface area contributed by atoms with Crippen molar-refractivity contribution in [2.75, 3.05) is 19.6 Å². The summed E-state index contributed by atoms with van der Waals surface area (Å²) in [4.78, 5) is 19.2. The highest BCUT2D eigenvalue weighted by Gasteiger charge is 2.35. The van der Waals surface area contributed by atoms with Crippen molar-refractivity contribution in [2.45, 2.75) is 18.9 Å². The van der Waals surface area contributed by atoms with Crippen LogP contribution in [0.25, 0.3) is 5.65 Å². The van der Waals surface area contributed by atoms with E-state index in [1.54, 1.807) is 6.20 Å². The maximum absolute atomic E-state index is 12.4. The molecule has 0 aromatic carbocycles. The van der Waals surface area contributed by atoms with Crippen LogP contribution < -0.4 is 5.32 Å². The third-order valence-corrected chi connectivity index (χ3v) is 4.57.